The summed E-state index contributed by atoms with van der Waals surface area (Å²) in [7, 11) is 0. The first-order valence-electron chi connectivity index (χ1n) is 11.3. The molecule has 0 aromatic heterocycles. The number of rotatable bonds is 13. The Bertz CT molecular complexity index is 1100. The Morgan fingerprint density at radius 3 is 2.27 bits per heavy atom. The second-order valence-electron chi connectivity index (χ2n) is 7.89. The van der Waals surface area contributed by atoms with E-state index < -0.39 is 41.8 Å². The maximum atomic E-state index is 12.9. The largest absolute Gasteiger partial charge is 0.491 e. The zero-order valence-corrected chi connectivity index (χ0v) is 20.0. The minimum atomic E-state index is -4.51. The van der Waals surface area contributed by atoms with Crippen molar-refractivity contribution in [3.05, 3.63) is 88.3 Å². The number of azide groups is 1. The summed E-state index contributed by atoms with van der Waals surface area (Å²) in [6, 6.07) is 8.28. The molecular formula is C25H27F3N4O5. The summed E-state index contributed by atoms with van der Waals surface area (Å²) in [6.07, 6.45) is -4.13. The SMILES string of the molecule is C=CC(O)COc1ccc(CC(N=[N+]=[N-])C(=O)N[C@@H](Cc2ccc(C(F)(F)F)cc2)C(=O)OCC)cc1. The highest BCUT2D eigenvalue weighted by molar-refractivity contribution is 5.88. The van der Waals surface area contributed by atoms with Gasteiger partial charge in [0.05, 0.1) is 12.2 Å². The number of benzene rings is 2. The third kappa shape index (κ3) is 9.51. The van der Waals surface area contributed by atoms with Crippen LogP contribution in [0.5, 0.6) is 5.75 Å². The summed E-state index contributed by atoms with van der Waals surface area (Å²) >= 11 is 0. The van der Waals surface area contributed by atoms with Crippen LogP contribution in [0, 0.1) is 0 Å². The fourth-order valence-corrected chi connectivity index (χ4v) is 3.21. The van der Waals surface area contributed by atoms with Gasteiger partial charge in [0, 0.05) is 11.3 Å². The van der Waals surface area contributed by atoms with E-state index in [9.17, 15) is 27.9 Å². The third-order valence-electron chi connectivity index (χ3n) is 5.15. The predicted molar refractivity (Wildman–Crippen MR) is 128 cm³/mol. The molecule has 37 heavy (non-hydrogen) atoms. The average molecular weight is 521 g/mol. The number of esters is 1. The third-order valence-corrected chi connectivity index (χ3v) is 5.15. The molecule has 0 bridgehead atoms. The number of aliphatic hydroxyl groups excluding tert-OH is 1. The number of nitrogens with one attached hydrogen (secondary N) is 1. The molecule has 3 atom stereocenters. The molecule has 0 saturated heterocycles. The van der Waals surface area contributed by atoms with E-state index in [4.69, 9.17) is 15.0 Å². The van der Waals surface area contributed by atoms with Crippen molar-refractivity contribution in [2.24, 2.45) is 5.11 Å². The van der Waals surface area contributed by atoms with Gasteiger partial charge in [-0.15, -0.1) is 6.58 Å². The van der Waals surface area contributed by atoms with Gasteiger partial charge in [-0.25, -0.2) is 4.79 Å². The van der Waals surface area contributed by atoms with Gasteiger partial charge < -0.3 is 19.9 Å². The Hall–Kier alpha value is -4.02. The first-order valence-corrected chi connectivity index (χ1v) is 11.3. The summed E-state index contributed by atoms with van der Waals surface area (Å²) in [4.78, 5) is 28.1. The first kappa shape index (κ1) is 29.2. The second kappa shape index (κ2) is 13.9. The number of amides is 1. The molecule has 0 aliphatic carbocycles. The van der Waals surface area contributed by atoms with Gasteiger partial charge in [0.2, 0.25) is 5.91 Å². The van der Waals surface area contributed by atoms with Crippen molar-refractivity contribution in [1.82, 2.24) is 5.32 Å². The molecule has 0 saturated carbocycles. The molecule has 2 aromatic carbocycles. The summed E-state index contributed by atoms with van der Waals surface area (Å²) in [5, 5.41) is 15.5. The van der Waals surface area contributed by atoms with Crippen molar-refractivity contribution in [2.75, 3.05) is 13.2 Å². The maximum Gasteiger partial charge on any atom is 0.416 e. The topological polar surface area (TPSA) is 134 Å². The standard InChI is InChI=1S/C25H27F3N4O5/c1-3-19(33)15-37-20-11-7-17(8-12-20)13-21(31-32-29)23(34)30-22(24(35)36-4-2)14-16-5-9-18(10-6-16)25(26,27)28/h3,5-12,19,21-22,33H,1,4,13-15H2,2H3,(H,30,34)/t19?,21?,22-/m0/s1. The predicted octanol–water partition coefficient (Wildman–Crippen LogP) is 4.14. The minimum absolute atomic E-state index is 0.00127. The van der Waals surface area contributed by atoms with Crippen molar-refractivity contribution in [3.8, 4) is 5.75 Å². The zero-order chi connectivity index (χ0) is 27.4. The number of aliphatic hydroxyl groups is 1. The molecule has 0 aliphatic rings. The molecule has 2 unspecified atom stereocenters. The molecule has 12 heteroatoms. The highest BCUT2D eigenvalue weighted by atomic mass is 19.4. The Balaban J connectivity index is 2.12. The smallest absolute Gasteiger partial charge is 0.416 e. The summed E-state index contributed by atoms with van der Waals surface area (Å²) in [5.41, 5.74) is 9.10. The molecular weight excluding hydrogens is 493 g/mol. The quantitative estimate of drug-likeness (QED) is 0.135. The van der Waals surface area contributed by atoms with E-state index in [0.717, 1.165) is 12.1 Å². The first-order chi connectivity index (χ1) is 17.6. The molecule has 198 valence electrons. The van der Waals surface area contributed by atoms with E-state index in [0.29, 0.717) is 16.9 Å². The van der Waals surface area contributed by atoms with Crippen molar-refractivity contribution in [2.45, 2.75) is 44.1 Å². The Morgan fingerprint density at radius 1 is 1.14 bits per heavy atom. The van der Waals surface area contributed by atoms with Crippen LogP contribution in [0.1, 0.15) is 23.6 Å². The van der Waals surface area contributed by atoms with E-state index in [1.54, 1.807) is 31.2 Å². The lowest BCUT2D eigenvalue weighted by Gasteiger charge is -2.20. The van der Waals surface area contributed by atoms with Gasteiger partial charge >= 0.3 is 12.1 Å². The van der Waals surface area contributed by atoms with Crippen molar-refractivity contribution in [3.63, 3.8) is 0 Å². The molecule has 2 rings (SSSR count). The minimum Gasteiger partial charge on any atom is -0.491 e. The lowest BCUT2D eigenvalue weighted by molar-refractivity contribution is -0.147. The Kier molecular flexibility index (Phi) is 11.0. The maximum absolute atomic E-state index is 12.9. The molecule has 9 nitrogen and oxygen atoms in total. The van der Waals surface area contributed by atoms with E-state index in [1.807, 2.05) is 0 Å². The van der Waals surface area contributed by atoms with Crippen molar-refractivity contribution >= 4 is 11.9 Å². The monoisotopic (exact) mass is 520 g/mol. The fraction of sp³-hybridized carbons (Fsp3) is 0.360. The lowest BCUT2D eigenvalue weighted by Crippen LogP contribution is -2.47. The summed E-state index contributed by atoms with van der Waals surface area (Å²) < 4.78 is 48.9. The van der Waals surface area contributed by atoms with E-state index >= 15 is 0 Å². The Morgan fingerprint density at radius 2 is 1.73 bits per heavy atom. The van der Waals surface area contributed by atoms with Crippen LogP contribution < -0.4 is 10.1 Å². The summed E-state index contributed by atoms with van der Waals surface area (Å²) in [5.74, 6) is -1.07. The number of alkyl halides is 3. The molecule has 2 N–H and O–H groups in total. The highest BCUT2D eigenvalue weighted by Gasteiger charge is 2.31. The van der Waals surface area contributed by atoms with Gasteiger partial charge in [0.15, 0.2) is 0 Å². The van der Waals surface area contributed by atoms with Crippen LogP contribution in [-0.2, 0) is 33.3 Å². The van der Waals surface area contributed by atoms with Crippen molar-refractivity contribution < 1.29 is 37.3 Å². The van der Waals surface area contributed by atoms with Crippen LogP contribution in [-0.4, -0.2) is 48.4 Å². The Labute approximate surface area is 211 Å². The van der Waals surface area contributed by atoms with E-state index in [1.165, 1.54) is 18.2 Å². The lowest BCUT2D eigenvalue weighted by atomic mass is 10.0. The summed E-state index contributed by atoms with van der Waals surface area (Å²) in [6.45, 7) is 5.06. The van der Waals surface area contributed by atoms with Gasteiger partial charge in [-0.3, -0.25) is 4.79 Å². The molecule has 0 spiro atoms. The van der Waals surface area contributed by atoms with Gasteiger partial charge in [0.25, 0.3) is 0 Å². The molecule has 1 amide bonds. The van der Waals surface area contributed by atoms with Crippen LogP contribution in [0.4, 0.5) is 13.2 Å². The molecule has 0 radical (unpaired) electrons. The van der Waals surface area contributed by atoms with E-state index in [2.05, 4.69) is 21.9 Å². The van der Waals surface area contributed by atoms with Crippen LogP contribution in [0.25, 0.3) is 10.4 Å². The number of ether oxygens (including phenoxy) is 2. The average Bonchev–Trinajstić information content (AvgIpc) is 2.87. The zero-order valence-electron chi connectivity index (χ0n) is 20.0. The van der Waals surface area contributed by atoms with Crippen LogP contribution >= 0.6 is 0 Å². The number of carbonyl (C=O) groups excluding carboxylic acids is 2. The molecule has 2 aromatic rings. The molecule has 0 heterocycles. The molecule has 0 fully saturated rings. The van der Waals surface area contributed by atoms with Gasteiger partial charge in [0.1, 0.15) is 30.5 Å². The number of nitrogens with zero attached hydrogens (tertiary/aromatic N) is 3. The molecule has 0 aliphatic heterocycles. The second-order valence-corrected chi connectivity index (χ2v) is 7.89. The number of hydrogen-bond donors (Lipinski definition) is 2. The van der Waals surface area contributed by atoms with Gasteiger partial charge in [-0.1, -0.05) is 35.5 Å². The number of hydrogen-bond acceptors (Lipinski definition) is 6. The number of carbonyl (C=O) groups is 2. The van der Waals surface area contributed by atoms with Gasteiger partial charge in [-0.2, -0.15) is 13.2 Å². The fourth-order valence-electron chi connectivity index (χ4n) is 3.21. The van der Waals surface area contributed by atoms with Crippen LogP contribution in [0.2, 0.25) is 0 Å². The van der Waals surface area contributed by atoms with Crippen LogP contribution in [0.3, 0.4) is 0 Å². The normalized spacial score (nSPS) is 13.4. The highest BCUT2D eigenvalue weighted by Crippen LogP contribution is 2.29. The van der Waals surface area contributed by atoms with Crippen LogP contribution in [0.15, 0.2) is 66.3 Å². The van der Waals surface area contributed by atoms with Crippen molar-refractivity contribution in [1.29, 1.82) is 0 Å². The van der Waals surface area contributed by atoms with Gasteiger partial charge in [-0.05, 0) is 54.3 Å². The number of halogens is 3. The van der Waals surface area contributed by atoms with E-state index in [-0.39, 0.29) is 26.1 Å².